The maximum atomic E-state index is 13.1. The van der Waals surface area contributed by atoms with E-state index in [0.717, 1.165) is 24.1 Å². The fourth-order valence-electron chi connectivity index (χ4n) is 2.76. The van der Waals surface area contributed by atoms with Crippen molar-refractivity contribution < 1.29 is 13.9 Å². The predicted molar refractivity (Wildman–Crippen MR) is 86.7 cm³/mol. The minimum absolute atomic E-state index is 0.0954. The molecule has 1 aliphatic rings. The number of hydrogen-bond acceptors (Lipinski definition) is 2. The van der Waals surface area contributed by atoms with E-state index in [-0.39, 0.29) is 24.0 Å². The van der Waals surface area contributed by atoms with Gasteiger partial charge < -0.3 is 15.4 Å². The highest BCUT2D eigenvalue weighted by atomic mass is 19.1. The lowest BCUT2D eigenvalue weighted by Crippen LogP contribution is -2.38. The lowest BCUT2D eigenvalue weighted by molar-refractivity contribution is 0.0815. The summed E-state index contributed by atoms with van der Waals surface area (Å²) in [5.74, 6) is -0.298. The normalized spacial score (nSPS) is 18.4. The second-order valence-corrected chi connectivity index (χ2v) is 5.55. The van der Waals surface area contributed by atoms with Gasteiger partial charge in [-0.15, -0.1) is 0 Å². The summed E-state index contributed by atoms with van der Waals surface area (Å²) < 4.78 is 18.9. The lowest BCUT2D eigenvalue weighted by Gasteiger charge is -2.25. The number of urea groups is 1. The summed E-state index contributed by atoms with van der Waals surface area (Å²) >= 11 is 0. The molecule has 5 heteroatoms. The lowest BCUT2D eigenvalue weighted by atomic mass is 9.99. The molecule has 1 fully saturated rings. The Hall–Kier alpha value is -2.40. The third-order valence-corrected chi connectivity index (χ3v) is 3.88. The van der Waals surface area contributed by atoms with Crippen molar-refractivity contribution in [3.63, 3.8) is 0 Å². The largest absolute Gasteiger partial charge is 0.376 e. The molecule has 2 atom stereocenters. The third kappa shape index (κ3) is 4.07. The summed E-state index contributed by atoms with van der Waals surface area (Å²) in [7, 11) is 0. The van der Waals surface area contributed by atoms with Gasteiger partial charge in [-0.1, -0.05) is 30.3 Å². The minimum Gasteiger partial charge on any atom is -0.376 e. The van der Waals surface area contributed by atoms with Crippen molar-refractivity contribution in [2.24, 2.45) is 0 Å². The van der Waals surface area contributed by atoms with Gasteiger partial charge in [-0.25, -0.2) is 9.18 Å². The Morgan fingerprint density at radius 1 is 1.13 bits per heavy atom. The number of ether oxygens (including phenoxy) is 1. The predicted octanol–water partition coefficient (Wildman–Crippen LogP) is 3.87. The molecule has 1 heterocycles. The zero-order valence-corrected chi connectivity index (χ0v) is 12.7. The molecule has 2 N–H and O–H groups in total. The Morgan fingerprint density at radius 3 is 2.52 bits per heavy atom. The van der Waals surface area contributed by atoms with Crippen molar-refractivity contribution in [2.75, 3.05) is 11.9 Å². The second kappa shape index (κ2) is 7.24. The average Bonchev–Trinajstić information content (AvgIpc) is 3.09. The Bertz CT molecular complexity index is 640. The van der Waals surface area contributed by atoms with E-state index in [4.69, 9.17) is 4.74 Å². The molecule has 2 unspecified atom stereocenters. The highest BCUT2D eigenvalue weighted by Crippen LogP contribution is 2.27. The quantitative estimate of drug-likeness (QED) is 0.900. The van der Waals surface area contributed by atoms with E-state index in [2.05, 4.69) is 10.6 Å². The topological polar surface area (TPSA) is 50.4 Å². The van der Waals surface area contributed by atoms with E-state index in [9.17, 15) is 9.18 Å². The summed E-state index contributed by atoms with van der Waals surface area (Å²) in [6, 6.07) is 14.8. The molecule has 0 bridgehead atoms. The van der Waals surface area contributed by atoms with E-state index in [0.29, 0.717) is 6.61 Å². The van der Waals surface area contributed by atoms with Crippen LogP contribution in [0.2, 0.25) is 0 Å². The van der Waals surface area contributed by atoms with Crippen molar-refractivity contribution in [1.82, 2.24) is 5.32 Å². The Morgan fingerprint density at radius 2 is 1.87 bits per heavy atom. The van der Waals surface area contributed by atoms with Crippen LogP contribution in [0.3, 0.4) is 0 Å². The smallest absolute Gasteiger partial charge is 0.319 e. The number of nitrogens with one attached hydrogen (secondary N) is 2. The molecular weight excluding hydrogens is 295 g/mol. The van der Waals surface area contributed by atoms with Crippen LogP contribution in [0.1, 0.15) is 24.4 Å². The Balaban J connectivity index is 1.73. The van der Waals surface area contributed by atoms with Crippen LogP contribution in [0.4, 0.5) is 14.9 Å². The van der Waals surface area contributed by atoms with Crippen molar-refractivity contribution >= 4 is 11.7 Å². The number of halogens is 1. The number of carbonyl (C=O) groups excluding carboxylic acids is 1. The van der Waals surface area contributed by atoms with Crippen molar-refractivity contribution in [2.45, 2.75) is 25.0 Å². The molecule has 2 amide bonds. The molecule has 0 spiro atoms. The molecule has 0 radical (unpaired) electrons. The van der Waals surface area contributed by atoms with E-state index in [1.54, 1.807) is 12.1 Å². The van der Waals surface area contributed by atoms with E-state index < -0.39 is 0 Å². The molecule has 4 nitrogen and oxygen atoms in total. The SMILES string of the molecule is O=C(Nc1ccccc1)NC(c1ccc(F)cc1)C1CCCO1. The Labute approximate surface area is 134 Å². The number of carbonyl (C=O) groups is 1. The van der Waals surface area contributed by atoms with Gasteiger partial charge in [0.25, 0.3) is 0 Å². The molecule has 1 aliphatic heterocycles. The molecule has 0 aromatic heterocycles. The molecule has 2 aromatic rings. The highest BCUT2D eigenvalue weighted by molar-refractivity contribution is 5.89. The first kappa shape index (κ1) is 15.5. The van der Waals surface area contributed by atoms with Gasteiger partial charge in [0.15, 0.2) is 0 Å². The number of amides is 2. The summed E-state index contributed by atoms with van der Waals surface area (Å²) in [5.41, 5.74) is 1.55. The molecular formula is C18H19FN2O2. The minimum atomic E-state index is -0.305. The van der Waals surface area contributed by atoms with E-state index in [1.807, 2.05) is 30.3 Å². The number of benzene rings is 2. The van der Waals surface area contributed by atoms with Crippen LogP contribution in [-0.4, -0.2) is 18.7 Å². The molecule has 0 aliphatic carbocycles. The molecule has 23 heavy (non-hydrogen) atoms. The average molecular weight is 314 g/mol. The van der Waals surface area contributed by atoms with Gasteiger partial charge in [0.05, 0.1) is 12.1 Å². The number of hydrogen-bond donors (Lipinski definition) is 2. The van der Waals surface area contributed by atoms with E-state index >= 15 is 0 Å². The van der Waals surface area contributed by atoms with Gasteiger partial charge in [0.2, 0.25) is 0 Å². The first-order chi connectivity index (χ1) is 11.2. The first-order valence-corrected chi connectivity index (χ1v) is 7.72. The van der Waals surface area contributed by atoms with E-state index in [1.165, 1.54) is 12.1 Å². The maximum Gasteiger partial charge on any atom is 0.319 e. The zero-order chi connectivity index (χ0) is 16.1. The Kier molecular flexibility index (Phi) is 4.88. The maximum absolute atomic E-state index is 13.1. The van der Waals surface area contributed by atoms with Gasteiger partial charge in [-0.2, -0.15) is 0 Å². The second-order valence-electron chi connectivity index (χ2n) is 5.55. The molecule has 0 saturated carbocycles. The van der Waals surface area contributed by atoms with Crippen molar-refractivity contribution in [3.8, 4) is 0 Å². The van der Waals surface area contributed by atoms with Crippen LogP contribution in [0.25, 0.3) is 0 Å². The molecule has 2 aromatic carbocycles. The van der Waals surface area contributed by atoms with Crippen molar-refractivity contribution in [3.05, 3.63) is 66.0 Å². The first-order valence-electron chi connectivity index (χ1n) is 7.72. The van der Waals surface area contributed by atoms with Crippen molar-refractivity contribution in [1.29, 1.82) is 0 Å². The fourth-order valence-corrected chi connectivity index (χ4v) is 2.76. The van der Waals surface area contributed by atoms with Crippen LogP contribution in [0, 0.1) is 5.82 Å². The monoisotopic (exact) mass is 314 g/mol. The summed E-state index contributed by atoms with van der Waals surface area (Å²) in [6.45, 7) is 0.685. The number of rotatable bonds is 4. The van der Waals surface area contributed by atoms with Gasteiger partial charge in [0, 0.05) is 12.3 Å². The number of para-hydroxylation sites is 1. The van der Waals surface area contributed by atoms with Crippen LogP contribution >= 0.6 is 0 Å². The number of anilines is 1. The van der Waals surface area contributed by atoms with Gasteiger partial charge in [-0.3, -0.25) is 0 Å². The van der Waals surface area contributed by atoms with Gasteiger partial charge >= 0.3 is 6.03 Å². The third-order valence-electron chi connectivity index (χ3n) is 3.88. The van der Waals surface area contributed by atoms with Crippen LogP contribution in [0.5, 0.6) is 0 Å². The standard InChI is InChI=1S/C18H19FN2O2/c19-14-10-8-13(9-11-14)17(16-7-4-12-23-16)21-18(22)20-15-5-2-1-3-6-15/h1-3,5-6,8-11,16-17H,4,7,12H2,(H2,20,21,22). The van der Waals surface area contributed by atoms with Crippen LogP contribution in [0.15, 0.2) is 54.6 Å². The van der Waals surface area contributed by atoms with Gasteiger partial charge in [0.1, 0.15) is 5.82 Å². The van der Waals surface area contributed by atoms with Crippen LogP contribution in [-0.2, 0) is 4.74 Å². The summed E-state index contributed by atoms with van der Waals surface area (Å²) in [6.07, 6.45) is 1.74. The fraction of sp³-hybridized carbons (Fsp3) is 0.278. The van der Waals surface area contributed by atoms with Gasteiger partial charge in [-0.05, 0) is 42.7 Å². The summed E-state index contributed by atoms with van der Waals surface area (Å²) in [5, 5.41) is 5.74. The summed E-state index contributed by atoms with van der Waals surface area (Å²) in [4.78, 5) is 12.3. The zero-order valence-electron chi connectivity index (χ0n) is 12.7. The molecule has 120 valence electrons. The van der Waals surface area contributed by atoms with Crippen LogP contribution < -0.4 is 10.6 Å². The highest BCUT2D eigenvalue weighted by Gasteiger charge is 2.28. The molecule has 1 saturated heterocycles. The molecule has 3 rings (SSSR count).